The van der Waals surface area contributed by atoms with E-state index in [1.807, 2.05) is 0 Å². The fourth-order valence-corrected chi connectivity index (χ4v) is 2.83. The Labute approximate surface area is 90.8 Å². The predicted molar refractivity (Wildman–Crippen MR) is 57.5 cm³/mol. The van der Waals surface area contributed by atoms with Gasteiger partial charge >= 0.3 is 0 Å². The number of nitrogens with one attached hydrogen (secondary N) is 2. The van der Waals surface area contributed by atoms with E-state index in [0.717, 1.165) is 31.2 Å². The third-order valence-electron chi connectivity index (χ3n) is 3.59. The van der Waals surface area contributed by atoms with Gasteiger partial charge in [-0.1, -0.05) is 0 Å². The lowest BCUT2D eigenvalue weighted by Crippen LogP contribution is -2.42. The van der Waals surface area contributed by atoms with Gasteiger partial charge in [0.05, 0.1) is 0 Å². The number of methoxy groups -OCH3 is 1. The highest BCUT2D eigenvalue weighted by Gasteiger charge is 2.33. The molecule has 4 heteroatoms. The van der Waals surface area contributed by atoms with Crippen LogP contribution in [-0.2, 0) is 9.53 Å². The molecule has 2 N–H and O–H groups in total. The van der Waals surface area contributed by atoms with Crippen molar-refractivity contribution in [2.45, 2.75) is 25.3 Å². The predicted octanol–water partition coefficient (Wildman–Crippen LogP) is 0.137. The highest BCUT2D eigenvalue weighted by molar-refractivity contribution is 5.77. The number of fused-ring (bicyclic) bond motifs is 1. The van der Waals surface area contributed by atoms with Crippen LogP contribution in [0.25, 0.3) is 0 Å². The molecule has 1 aliphatic carbocycles. The maximum absolute atomic E-state index is 11.4. The standard InChI is InChI=1S/C11H20N2O2/c1-15-7-11(14)13-10-3-2-8-5-12-6-9(8)4-10/h8-10,12H,2-7H2,1H3,(H,13,14)/t8-,9+,10?/m0/s1. The number of hydrogen-bond donors (Lipinski definition) is 2. The molecule has 0 bridgehead atoms. The normalized spacial score (nSPS) is 34.9. The first-order valence-electron chi connectivity index (χ1n) is 5.78. The first kappa shape index (κ1) is 10.9. The summed E-state index contributed by atoms with van der Waals surface area (Å²) in [6.07, 6.45) is 3.50. The highest BCUT2D eigenvalue weighted by atomic mass is 16.5. The molecule has 3 atom stereocenters. The van der Waals surface area contributed by atoms with Crippen molar-refractivity contribution in [1.29, 1.82) is 0 Å². The van der Waals surface area contributed by atoms with Crippen molar-refractivity contribution < 1.29 is 9.53 Å². The zero-order valence-electron chi connectivity index (χ0n) is 9.29. The Hall–Kier alpha value is -0.610. The highest BCUT2D eigenvalue weighted by Crippen LogP contribution is 2.32. The Kier molecular flexibility index (Phi) is 3.59. The van der Waals surface area contributed by atoms with Crippen molar-refractivity contribution in [2.75, 3.05) is 26.8 Å². The third-order valence-corrected chi connectivity index (χ3v) is 3.59. The number of amides is 1. The maximum Gasteiger partial charge on any atom is 0.246 e. The average Bonchev–Trinajstić information content (AvgIpc) is 2.65. The second-order valence-corrected chi connectivity index (χ2v) is 4.69. The lowest BCUT2D eigenvalue weighted by Gasteiger charge is -2.31. The Morgan fingerprint density at radius 2 is 2.20 bits per heavy atom. The van der Waals surface area contributed by atoms with E-state index in [1.54, 1.807) is 7.11 Å². The summed E-state index contributed by atoms with van der Waals surface area (Å²) < 4.78 is 4.81. The van der Waals surface area contributed by atoms with Gasteiger partial charge in [-0.2, -0.15) is 0 Å². The van der Waals surface area contributed by atoms with Crippen LogP contribution in [0.4, 0.5) is 0 Å². The molecule has 2 rings (SSSR count). The summed E-state index contributed by atoms with van der Waals surface area (Å²) in [4.78, 5) is 11.4. The molecule has 0 aromatic heterocycles. The molecule has 2 fully saturated rings. The average molecular weight is 212 g/mol. The van der Waals surface area contributed by atoms with E-state index in [1.165, 1.54) is 13.0 Å². The SMILES string of the molecule is COCC(=O)NC1CC[C@H]2CNC[C@H]2C1. The molecular weight excluding hydrogens is 192 g/mol. The molecule has 1 aliphatic heterocycles. The molecule has 1 heterocycles. The van der Waals surface area contributed by atoms with Gasteiger partial charge in [-0.15, -0.1) is 0 Å². The maximum atomic E-state index is 11.4. The van der Waals surface area contributed by atoms with Crippen LogP contribution in [0, 0.1) is 11.8 Å². The summed E-state index contributed by atoms with van der Waals surface area (Å²) in [5, 5.41) is 6.47. The Morgan fingerprint density at radius 3 is 3.00 bits per heavy atom. The van der Waals surface area contributed by atoms with Crippen molar-refractivity contribution >= 4 is 5.91 Å². The van der Waals surface area contributed by atoms with Crippen LogP contribution in [0.1, 0.15) is 19.3 Å². The molecule has 1 saturated heterocycles. The fraction of sp³-hybridized carbons (Fsp3) is 0.909. The van der Waals surface area contributed by atoms with Crippen LogP contribution in [-0.4, -0.2) is 38.8 Å². The van der Waals surface area contributed by atoms with Crippen molar-refractivity contribution in [2.24, 2.45) is 11.8 Å². The summed E-state index contributed by atoms with van der Waals surface area (Å²) >= 11 is 0. The third kappa shape index (κ3) is 2.69. The number of ether oxygens (including phenoxy) is 1. The molecule has 86 valence electrons. The second-order valence-electron chi connectivity index (χ2n) is 4.69. The molecule has 0 radical (unpaired) electrons. The zero-order valence-corrected chi connectivity index (χ0v) is 9.29. The number of hydrogen-bond acceptors (Lipinski definition) is 3. The van der Waals surface area contributed by atoms with E-state index in [-0.39, 0.29) is 12.5 Å². The molecule has 1 unspecified atom stereocenters. The molecule has 0 aromatic rings. The van der Waals surface area contributed by atoms with Crippen LogP contribution < -0.4 is 10.6 Å². The zero-order chi connectivity index (χ0) is 10.7. The summed E-state index contributed by atoms with van der Waals surface area (Å²) in [5.74, 6) is 1.64. The Bertz CT molecular complexity index is 233. The molecular formula is C11H20N2O2. The van der Waals surface area contributed by atoms with E-state index in [0.29, 0.717) is 6.04 Å². The van der Waals surface area contributed by atoms with Gasteiger partial charge in [0.2, 0.25) is 5.91 Å². The minimum absolute atomic E-state index is 0.0203. The van der Waals surface area contributed by atoms with Crippen LogP contribution >= 0.6 is 0 Å². The van der Waals surface area contributed by atoms with Crippen molar-refractivity contribution in [3.8, 4) is 0 Å². The quantitative estimate of drug-likeness (QED) is 0.699. The van der Waals surface area contributed by atoms with Gasteiger partial charge in [-0.05, 0) is 44.2 Å². The van der Waals surface area contributed by atoms with Crippen LogP contribution in [0.15, 0.2) is 0 Å². The lowest BCUT2D eigenvalue weighted by atomic mass is 9.79. The largest absolute Gasteiger partial charge is 0.375 e. The van der Waals surface area contributed by atoms with E-state index in [9.17, 15) is 4.79 Å². The monoisotopic (exact) mass is 212 g/mol. The van der Waals surface area contributed by atoms with Crippen LogP contribution in [0.3, 0.4) is 0 Å². The van der Waals surface area contributed by atoms with Crippen molar-refractivity contribution in [3.05, 3.63) is 0 Å². The van der Waals surface area contributed by atoms with Crippen LogP contribution in [0.5, 0.6) is 0 Å². The van der Waals surface area contributed by atoms with Crippen molar-refractivity contribution in [3.63, 3.8) is 0 Å². The second kappa shape index (κ2) is 4.94. The van der Waals surface area contributed by atoms with Gasteiger partial charge in [0.1, 0.15) is 6.61 Å². The molecule has 2 aliphatic rings. The summed E-state index contributed by atoms with van der Waals surface area (Å²) in [7, 11) is 1.55. The number of rotatable bonds is 3. The van der Waals surface area contributed by atoms with Gasteiger partial charge in [0, 0.05) is 13.2 Å². The van der Waals surface area contributed by atoms with Crippen molar-refractivity contribution in [1.82, 2.24) is 10.6 Å². The van der Waals surface area contributed by atoms with Gasteiger partial charge in [-0.3, -0.25) is 4.79 Å². The van der Waals surface area contributed by atoms with Gasteiger partial charge in [-0.25, -0.2) is 0 Å². The van der Waals surface area contributed by atoms with Gasteiger partial charge in [0.25, 0.3) is 0 Å². The summed E-state index contributed by atoms with van der Waals surface area (Å²) in [5.41, 5.74) is 0. The fourth-order valence-electron chi connectivity index (χ4n) is 2.83. The summed E-state index contributed by atoms with van der Waals surface area (Å²) in [6.45, 7) is 2.48. The van der Waals surface area contributed by atoms with E-state index in [4.69, 9.17) is 4.74 Å². The van der Waals surface area contributed by atoms with Gasteiger partial charge in [0.15, 0.2) is 0 Å². The molecule has 4 nitrogen and oxygen atoms in total. The topological polar surface area (TPSA) is 50.4 Å². The Balaban J connectivity index is 1.77. The smallest absolute Gasteiger partial charge is 0.246 e. The number of carbonyl (C=O) groups excluding carboxylic acids is 1. The minimum atomic E-state index is 0.0203. The lowest BCUT2D eigenvalue weighted by molar-refractivity contribution is -0.125. The van der Waals surface area contributed by atoms with E-state index in [2.05, 4.69) is 10.6 Å². The molecule has 15 heavy (non-hydrogen) atoms. The molecule has 1 saturated carbocycles. The first-order chi connectivity index (χ1) is 7.29. The van der Waals surface area contributed by atoms with E-state index < -0.39 is 0 Å². The molecule has 0 spiro atoms. The number of carbonyl (C=O) groups is 1. The first-order valence-corrected chi connectivity index (χ1v) is 5.78. The summed E-state index contributed by atoms with van der Waals surface area (Å²) in [6, 6.07) is 0.369. The van der Waals surface area contributed by atoms with Gasteiger partial charge < -0.3 is 15.4 Å². The van der Waals surface area contributed by atoms with Crippen LogP contribution in [0.2, 0.25) is 0 Å². The minimum Gasteiger partial charge on any atom is -0.375 e. The molecule has 1 amide bonds. The molecule has 0 aromatic carbocycles. The van der Waals surface area contributed by atoms with E-state index >= 15 is 0 Å². The Morgan fingerprint density at radius 1 is 1.40 bits per heavy atom.